The zero-order valence-corrected chi connectivity index (χ0v) is 10.7. The highest BCUT2D eigenvalue weighted by atomic mass is 35.5. The summed E-state index contributed by atoms with van der Waals surface area (Å²) in [7, 11) is 0. The van der Waals surface area contributed by atoms with Crippen LogP contribution in [-0.4, -0.2) is 15.0 Å². The van der Waals surface area contributed by atoms with Crippen molar-refractivity contribution in [2.75, 3.05) is 5.43 Å². The van der Waals surface area contributed by atoms with Crippen molar-refractivity contribution in [1.82, 2.24) is 15.0 Å². The van der Waals surface area contributed by atoms with Gasteiger partial charge in [0.05, 0.1) is 16.2 Å². The highest BCUT2D eigenvalue weighted by Crippen LogP contribution is 2.34. The molecule has 17 heavy (non-hydrogen) atoms. The standard InChI is InChI=1S/C9H7Cl2N5S/c10-5-3-6(11)9(15-8(5)16-12)17-7-4-13-1-2-14-7/h1-4H,12H2,(H,15,16). The van der Waals surface area contributed by atoms with Crippen molar-refractivity contribution >= 4 is 40.8 Å². The molecule has 0 bridgehead atoms. The van der Waals surface area contributed by atoms with Gasteiger partial charge in [-0.05, 0) is 17.8 Å². The van der Waals surface area contributed by atoms with E-state index in [-0.39, 0.29) is 0 Å². The van der Waals surface area contributed by atoms with Gasteiger partial charge >= 0.3 is 0 Å². The first-order chi connectivity index (χ1) is 8.20. The molecule has 0 saturated carbocycles. The molecule has 8 heteroatoms. The number of hydrogen-bond acceptors (Lipinski definition) is 6. The topological polar surface area (TPSA) is 76.7 Å². The van der Waals surface area contributed by atoms with E-state index in [2.05, 4.69) is 20.4 Å². The predicted octanol–water partition coefficient (Wildman–Crippen LogP) is 2.62. The van der Waals surface area contributed by atoms with Gasteiger partial charge in [0.25, 0.3) is 0 Å². The number of nitrogens with two attached hydrogens (primary N) is 1. The van der Waals surface area contributed by atoms with Crippen molar-refractivity contribution < 1.29 is 0 Å². The van der Waals surface area contributed by atoms with Crippen LogP contribution in [0.4, 0.5) is 5.82 Å². The number of aromatic nitrogens is 3. The maximum Gasteiger partial charge on any atom is 0.160 e. The molecule has 2 heterocycles. The van der Waals surface area contributed by atoms with E-state index < -0.39 is 0 Å². The average Bonchev–Trinajstić information content (AvgIpc) is 2.34. The molecule has 2 aromatic heterocycles. The molecule has 3 N–H and O–H groups in total. The van der Waals surface area contributed by atoms with Gasteiger partial charge in [-0.1, -0.05) is 23.2 Å². The Morgan fingerprint density at radius 1 is 1.24 bits per heavy atom. The van der Waals surface area contributed by atoms with E-state index in [1.807, 2.05) is 0 Å². The molecular weight excluding hydrogens is 281 g/mol. The predicted molar refractivity (Wildman–Crippen MR) is 68.2 cm³/mol. The Balaban J connectivity index is 2.33. The Labute approximate surface area is 112 Å². The van der Waals surface area contributed by atoms with E-state index in [9.17, 15) is 0 Å². The fourth-order valence-electron chi connectivity index (χ4n) is 1.06. The number of nitrogens with one attached hydrogen (secondary N) is 1. The first-order valence-corrected chi connectivity index (χ1v) is 6.04. The van der Waals surface area contributed by atoms with Crippen LogP contribution in [0, 0.1) is 0 Å². The number of rotatable bonds is 3. The molecule has 0 fully saturated rings. The monoisotopic (exact) mass is 287 g/mol. The fourth-order valence-corrected chi connectivity index (χ4v) is 2.31. The minimum absolute atomic E-state index is 0.362. The van der Waals surface area contributed by atoms with Crippen LogP contribution < -0.4 is 11.3 Å². The second-order valence-electron chi connectivity index (χ2n) is 2.90. The first-order valence-electron chi connectivity index (χ1n) is 4.47. The molecule has 0 atom stereocenters. The molecule has 2 aromatic rings. The molecule has 0 radical (unpaired) electrons. The highest BCUT2D eigenvalue weighted by molar-refractivity contribution is 7.99. The summed E-state index contributed by atoms with van der Waals surface area (Å²) < 4.78 is 0. The van der Waals surface area contributed by atoms with Crippen LogP contribution in [0.1, 0.15) is 0 Å². The van der Waals surface area contributed by atoms with Gasteiger partial charge in [0.2, 0.25) is 0 Å². The molecule has 0 saturated heterocycles. The summed E-state index contributed by atoms with van der Waals surface area (Å²) in [5.41, 5.74) is 2.40. The smallest absolute Gasteiger partial charge is 0.160 e. The molecule has 0 aliphatic carbocycles. The number of anilines is 1. The molecule has 5 nitrogen and oxygen atoms in total. The van der Waals surface area contributed by atoms with Crippen LogP contribution in [0.25, 0.3) is 0 Å². The summed E-state index contributed by atoms with van der Waals surface area (Å²) in [4.78, 5) is 12.2. The third kappa shape index (κ3) is 2.98. The van der Waals surface area contributed by atoms with Crippen LogP contribution in [0.3, 0.4) is 0 Å². The van der Waals surface area contributed by atoms with E-state index >= 15 is 0 Å². The number of nitrogens with zero attached hydrogens (tertiary/aromatic N) is 3. The van der Waals surface area contributed by atoms with Gasteiger partial charge in [-0.15, -0.1) is 0 Å². The lowest BCUT2D eigenvalue weighted by molar-refractivity contribution is 1.04. The lowest BCUT2D eigenvalue weighted by Gasteiger charge is -2.07. The summed E-state index contributed by atoms with van der Waals surface area (Å²) in [6.45, 7) is 0. The molecule has 88 valence electrons. The van der Waals surface area contributed by atoms with Crippen LogP contribution >= 0.6 is 35.0 Å². The Bertz CT molecular complexity index is 522. The number of nitrogen functional groups attached to an aromatic ring is 1. The highest BCUT2D eigenvalue weighted by Gasteiger charge is 2.10. The normalized spacial score (nSPS) is 10.3. The quantitative estimate of drug-likeness (QED) is 0.668. The largest absolute Gasteiger partial charge is 0.307 e. The van der Waals surface area contributed by atoms with E-state index in [1.165, 1.54) is 11.8 Å². The van der Waals surface area contributed by atoms with Gasteiger partial charge in [-0.25, -0.2) is 15.8 Å². The number of pyridine rings is 1. The van der Waals surface area contributed by atoms with Gasteiger partial charge < -0.3 is 5.43 Å². The molecule has 0 amide bonds. The van der Waals surface area contributed by atoms with Crippen LogP contribution in [0.2, 0.25) is 10.0 Å². The van der Waals surface area contributed by atoms with Crippen molar-refractivity contribution in [3.63, 3.8) is 0 Å². The number of hydrogen-bond donors (Lipinski definition) is 2. The molecule has 2 rings (SSSR count). The maximum atomic E-state index is 6.02. The van der Waals surface area contributed by atoms with E-state index in [4.69, 9.17) is 29.0 Å². The lowest BCUT2D eigenvalue weighted by Crippen LogP contribution is -2.09. The van der Waals surface area contributed by atoms with E-state index in [0.29, 0.717) is 25.9 Å². The Morgan fingerprint density at radius 3 is 2.71 bits per heavy atom. The summed E-state index contributed by atoms with van der Waals surface area (Å²) in [5.74, 6) is 5.65. The van der Waals surface area contributed by atoms with Crippen molar-refractivity contribution in [3.05, 3.63) is 34.7 Å². The van der Waals surface area contributed by atoms with Crippen LogP contribution in [0.5, 0.6) is 0 Å². The minimum Gasteiger partial charge on any atom is -0.307 e. The third-order valence-electron chi connectivity index (χ3n) is 1.77. The van der Waals surface area contributed by atoms with Gasteiger partial charge in [0.1, 0.15) is 10.1 Å². The van der Waals surface area contributed by atoms with Crippen molar-refractivity contribution in [3.8, 4) is 0 Å². The second-order valence-corrected chi connectivity index (χ2v) is 4.72. The second kappa shape index (κ2) is 5.50. The van der Waals surface area contributed by atoms with Crippen LogP contribution in [0.15, 0.2) is 34.7 Å². The van der Waals surface area contributed by atoms with E-state index in [1.54, 1.807) is 24.7 Å². The van der Waals surface area contributed by atoms with Crippen molar-refractivity contribution in [2.45, 2.75) is 10.1 Å². The summed E-state index contributed by atoms with van der Waals surface area (Å²) in [6, 6.07) is 1.57. The van der Waals surface area contributed by atoms with Gasteiger partial charge in [0.15, 0.2) is 5.82 Å². The molecule has 0 aromatic carbocycles. The summed E-state index contributed by atoms with van der Waals surface area (Å²) >= 11 is 13.2. The van der Waals surface area contributed by atoms with Crippen LogP contribution in [-0.2, 0) is 0 Å². The Morgan fingerprint density at radius 2 is 2.06 bits per heavy atom. The van der Waals surface area contributed by atoms with Gasteiger partial charge in [0, 0.05) is 12.4 Å². The zero-order valence-electron chi connectivity index (χ0n) is 8.39. The zero-order chi connectivity index (χ0) is 12.3. The van der Waals surface area contributed by atoms with Crippen molar-refractivity contribution in [1.29, 1.82) is 0 Å². The summed E-state index contributed by atoms with van der Waals surface area (Å²) in [5, 5.41) is 2.04. The van der Waals surface area contributed by atoms with Gasteiger partial charge in [-0.2, -0.15) is 0 Å². The number of halogens is 2. The fraction of sp³-hybridized carbons (Fsp3) is 0. The van der Waals surface area contributed by atoms with Crippen molar-refractivity contribution in [2.24, 2.45) is 5.84 Å². The van der Waals surface area contributed by atoms with Gasteiger partial charge in [-0.3, -0.25) is 4.98 Å². The summed E-state index contributed by atoms with van der Waals surface area (Å²) in [6.07, 6.45) is 4.80. The Kier molecular flexibility index (Phi) is 4.01. The minimum atomic E-state index is 0.362. The molecule has 0 unspecified atom stereocenters. The molecular formula is C9H7Cl2N5S. The Hall–Kier alpha value is -1.08. The van der Waals surface area contributed by atoms with E-state index in [0.717, 1.165) is 0 Å². The average molecular weight is 288 g/mol. The maximum absolute atomic E-state index is 6.02. The molecule has 0 spiro atoms. The lowest BCUT2D eigenvalue weighted by atomic mass is 10.4. The first kappa shape index (κ1) is 12.4. The number of hydrazine groups is 1. The third-order valence-corrected chi connectivity index (χ3v) is 3.39. The molecule has 0 aliphatic rings. The molecule has 0 aliphatic heterocycles. The SMILES string of the molecule is NNc1nc(Sc2cnccn2)c(Cl)cc1Cl.